The summed E-state index contributed by atoms with van der Waals surface area (Å²) >= 11 is 6.31. The number of aryl methyl sites for hydroxylation is 1. The fourth-order valence-electron chi connectivity index (χ4n) is 3.48. The van der Waals surface area contributed by atoms with E-state index < -0.39 is 0 Å². The minimum Gasteiger partial charge on any atom is -0.381 e. The lowest BCUT2D eigenvalue weighted by molar-refractivity contribution is -0.0767. The van der Waals surface area contributed by atoms with Gasteiger partial charge in [0.05, 0.1) is 16.3 Å². The van der Waals surface area contributed by atoms with E-state index in [2.05, 4.69) is 24.4 Å². The van der Waals surface area contributed by atoms with Crippen molar-refractivity contribution in [3.63, 3.8) is 0 Å². The monoisotopic (exact) mass is 279 g/mol. The van der Waals surface area contributed by atoms with Crippen molar-refractivity contribution in [2.24, 2.45) is 0 Å². The van der Waals surface area contributed by atoms with Gasteiger partial charge in [-0.15, -0.1) is 0 Å². The molecule has 2 fully saturated rings. The molecule has 3 rings (SSSR count). The Morgan fingerprint density at radius 1 is 1.32 bits per heavy atom. The predicted octanol–water partition coefficient (Wildman–Crippen LogP) is 4.55. The third kappa shape index (κ3) is 2.90. The first-order valence-electron chi connectivity index (χ1n) is 7.34. The molecule has 104 valence electrons. The average Bonchev–Trinajstić information content (AvgIpc) is 2.81. The molecule has 1 unspecified atom stereocenters. The van der Waals surface area contributed by atoms with E-state index in [1.54, 1.807) is 0 Å². The summed E-state index contributed by atoms with van der Waals surface area (Å²) in [5.74, 6) is 0. The van der Waals surface area contributed by atoms with E-state index in [1.807, 2.05) is 6.07 Å². The quantitative estimate of drug-likeness (QED) is 0.857. The lowest BCUT2D eigenvalue weighted by Gasteiger charge is -2.39. The van der Waals surface area contributed by atoms with Gasteiger partial charge < -0.3 is 10.1 Å². The van der Waals surface area contributed by atoms with Gasteiger partial charge >= 0.3 is 0 Å². The smallest absolute Gasteiger partial charge is 0.0702 e. The Kier molecular flexibility index (Phi) is 3.72. The molecule has 1 aromatic rings. The number of benzene rings is 1. The van der Waals surface area contributed by atoms with Gasteiger partial charge in [0.2, 0.25) is 0 Å². The van der Waals surface area contributed by atoms with E-state index in [0.29, 0.717) is 6.04 Å². The average molecular weight is 280 g/mol. The van der Waals surface area contributed by atoms with Gasteiger partial charge in [0.1, 0.15) is 0 Å². The van der Waals surface area contributed by atoms with Gasteiger partial charge in [0.25, 0.3) is 0 Å². The second kappa shape index (κ2) is 5.34. The molecule has 1 N–H and O–H groups in total. The van der Waals surface area contributed by atoms with Crippen molar-refractivity contribution in [3.05, 3.63) is 28.8 Å². The Morgan fingerprint density at radius 2 is 2.11 bits per heavy atom. The van der Waals surface area contributed by atoms with Crippen LogP contribution in [0, 0.1) is 6.92 Å². The molecule has 1 spiro atoms. The molecule has 0 amide bonds. The first-order chi connectivity index (χ1) is 9.17. The fourth-order valence-corrected chi connectivity index (χ4v) is 3.77. The summed E-state index contributed by atoms with van der Waals surface area (Å²) in [7, 11) is 0. The molecule has 1 aromatic carbocycles. The van der Waals surface area contributed by atoms with Crippen LogP contribution in [0.3, 0.4) is 0 Å². The number of halogens is 1. The maximum atomic E-state index is 6.31. The van der Waals surface area contributed by atoms with Crippen LogP contribution in [0.2, 0.25) is 5.02 Å². The summed E-state index contributed by atoms with van der Waals surface area (Å²) in [6, 6.07) is 6.72. The Balaban J connectivity index is 1.69. The third-order valence-electron chi connectivity index (χ3n) is 4.49. The van der Waals surface area contributed by atoms with Gasteiger partial charge in [-0.1, -0.05) is 30.5 Å². The van der Waals surface area contributed by atoms with Crippen molar-refractivity contribution in [1.29, 1.82) is 0 Å². The zero-order valence-corrected chi connectivity index (χ0v) is 12.3. The van der Waals surface area contributed by atoms with Crippen molar-refractivity contribution >= 4 is 17.3 Å². The maximum absolute atomic E-state index is 6.31. The molecule has 19 heavy (non-hydrogen) atoms. The number of nitrogens with one attached hydrogen (secondary N) is 1. The Morgan fingerprint density at radius 3 is 2.84 bits per heavy atom. The molecule has 1 heterocycles. The number of ether oxygens (including phenoxy) is 1. The highest BCUT2D eigenvalue weighted by Gasteiger charge is 2.39. The van der Waals surface area contributed by atoms with E-state index in [9.17, 15) is 0 Å². The van der Waals surface area contributed by atoms with Crippen LogP contribution in [0.15, 0.2) is 18.2 Å². The van der Waals surface area contributed by atoms with Crippen LogP contribution in [0.25, 0.3) is 0 Å². The number of rotatable bonds is 2. The second-order valence-electron chi connectivity index (χ2n) is 6.06. The predicted molar refractivity (Wildman–Crippen MR) is 80.0 cm³/mol. The van der Waals surface area contributed by atoms with E-state index in [1.165, 1.54) is 31.2 Å². The summed E-state index contributed by atoms with van der Waals surface area (Å²) < 4.78 is 6.07. The van der Waals surface area contributed by atoms with Gasteiger partial charge in [-0.3, -0.25) is 0 Å². The number of anilines is 1. The first-order valence-corrected chi connectivity index (χ1v) is 7.71. The molecule has 1 saturated carbocycles. The Bertz CT molecular complexity index is 454. The van der Waals surface area contributed by atoms with Crippen molar-refractivity contribution in [2.45, 2.75) is 57.1 Å². The van der Waals surface area contributed by atoms with Crippen LogP contribution in [0.5, 0.6) is 0 Å². The number of hydrogen-bond donors (Lipinski definition) is 1. The Hall–Kier alpha value is -0.730. The Labute approximate surface area is 120 Å². The minimum atomic E-state index is 0.160. The lowest BCUT2D eigenvalue weighted by Crippen LogP contribution is -2.42. The van der Waals surface area contributed by atoms with Crippen LogP contribution in [-0.4, -0.2) is 18.2 Å². The summed E-state index contributed by atoms with van der Waals surface area (Å²) in [6.45, 7) is 2.94. The summed E-state index contributed by atoms with van der Waals surface area (Å²) in [6.07, 6.45) is 7.29. The third-order valence-corrected chi connectivity index (χ3v) is 4.80. The lowest BCUT2D eigenvalue weighted by atomic mass is 9.89. The summed E-state index contributed by atoms with van der Waals surface area (Å²) in [5, 5.41) is 4.44. The molecule has 2 nitrogen and oxygen atoms in total. The second-order valence-corrected chi connectivity index (χ2v) is 6.46. The molecular formula is C16H22ClNO. The van der Waals surface area contributed by atoms with Crippen LogP contribution < -0.4 is 5.32 Å². The molecule has 0 radical (unpaired) electrons. The molecule has 0 bridgehead atoms. The highest BCUT2D eigenvalue weighted by Crippen LogP contribution is 2.41. The SMILES string of the molecule is Cc1ccc(NC2CCOC3(CCCC3)C2)c(Cl)c1. The molecule has 1 atom stereocenters. The molecule has 1 aliphatic heterocycles. The van der Waals surface area contributed by atoms with Gasteiger partial charge in [-0.05, 0) is 50.3 Å². The van der Waals surface area contributed by atoms with E-state index in [0.717, 1.165) is 30.2 Å². The largest absolute Gasteiger partial charge is 0.381 e. The fraction of sp³-hybridized carbons (Fsp3) is 0.625. The van der Waals surface area contributed by atoms with Crippen LogP contribution in [0.1, 0.15) is 44.1 Å². The highest BCUT2D eigenvalue weighted by molar-refractivity contribution is 6.33. The van der Waals surface area contributed by atoms with Gasteiger partial charge in [-0.25, -0.2) is 0 Å². The van der Waals surface area contributed by atoms with Crippen molar-refractivity contribution < 1.29 is 4.74 Å². The normalized spacial score (nSPS) is 25.7. The van der Waals surface area contributed by atoms with E-state index in [4.69, 9.17) is 16.3 Å². The summed E-state index contributed by atoms with van der Waals surface area (Å²) in [4.78, 5) is 0. The summed E-state index contributed by atoms with van der Waals surface area (Å²) in [5.41, 5.74) is 2.43. The van der Waals surface area contributed by atoms with E-state index in [-0.39, 0.29) is 5.60 Å². The van der Waals surface area contributed by atoms with Crippen molar-refractivity contribution in [1.82, 2.24) is 0 Å². The van der Waals surface area contributed by atoms with Crippen LogP contribution in [-0.2, 0) is 4.74 Å². The van der Waals surface area contributed by atoms with Gasteiger partial charge in [-0.2, -0.15) is 0 Å². The zero-order valence-electron chi connectivity index (χ0n) is 11.5. The van der Waals surface area contributed by atoms with Crippen LogP contribution in [0.4, 0.5) is 5.69 Å². The van der Waals surface area contributed by atoms with Gasteiger partial charge in [0, 0.05) is 12.6 Å². The standard InChI is InChI=1S/C16H22ClNO/c1-12-4-5-15(14(17)10-12)18-13-6-9-19-16(11-13)7-2-3-8-16/h4-5,10,13,18H,2-3,6-9,11H2,1H3. The minimum absolute atomic E-state index is 0.160. The maximum Gasteiger partial charge on any atom is 0.0702 e. The topological polar surface area (TPSA) is 21.3 Å². The zero-order chi connectivity index (χ0) is 13.3. The van der Waals surface area contributed by atoms with E-state index >= 15 is 0 Å². The van der Waals surface area contributed by atoms with Gasteiger partial charge in [0.15, 0.2) is 0 Å². The van der Waals surface area contributed by atoms with Crippen molar-refractivity contribution in [2.75, 3.05) is 11.9 Å². The number of hydrogen-bond acceptors (Lipinski definition) is 2. The van der Waals surface area contributed by atoms with Crippen LogP contribution >= 0.6 is 11.6 Å². The van der Waals surface area contributed by atoms with Crippen molar-refractivity contribution in [3.8, 4) is 0 Å². The molecule has 3 heteroatoms. The highest BCUT2D eigenvalue weighted by atomic mass is 35.5. The molecule has 1 aliphatic carbocycles. The molecular weight excluding hydrogens is 258 g/mol. The molecule has 1 saturated heterocycles. The molecule has 0 aromatic heterocycles. The first kappa shape index (κ1) is 13.3. The molecule has 2 aliphatic rings.